The quantitative estimate of drug-likeness (QED) is 0.543. The molecule has 0 spiro atoms. The van der Waals surface area contributed by atoms with Gasteiger partial charge in [0, 0.05) is 28.2 Å². The minimum atomic E-state index is 0.0208. The van der Waals surface area contributed by atoms with E-state index in [-0.39, 0.29) is 11.8 Å². The third-order valence-electron chi connectivity index (χ3n) is 2.72. The smallest absolute Gasteiger partial charge is 0.146 e. The molecule has 20 heavy (non-hydrogen) atoms. The third kappa shape index (κ3) is 8.04. The summed E-state index contributed by atoms with van der Waals surface area (Å²) >= 11 is 0. The van der Waals surface area contributed by atoms with Gasteiger partial charge in [0.25, 0.3) is 0 Å². The summed E-state index contributed by atoms with van der Waals surface area (Å²) in [5.74, 6) is 1.52. The van der Waals surface area contributed by atoms with E-state index in [4.69, 9.17) is 0 Å². The summed E-state index contributed by atoms with van der Waals surface area (Å²) in [7, 11) is 15.7. The second-order valence-corrected chi connectivity index (χ2v) is 7.32. The number of nitrogens with one attached hydrogen (secondary N) is 2. The zero-order chi connectivity index (χ0) is 15.7. The van der Waals surface area contributed by atoms with Crippen LogP contribution in [-0.4, -0.2) is 70.5 Å². The maximum atomic E-state index is 10.8. The Balaban J connectivity index is 0.000000361. The number of rotatable bonds is 7. The summed E-state index contributed by atoms with van der Waals surface area (Å²) in [6.07, 6.45) is 0.863. The summed E-state index contributed by atoms with van der Waals surface area (Å²) in [5.41, 5.74) is 0. The van der Waals surface area contributed by atoms with Crippen LogP contribution in [0.4, 0.5) is 0 Å². The van der Waals surface area contributed by atoms with Crippen molar-refractivity contribution in [1.82, 2.24) is 20.4 Å². The molecule has 0 bridgehead atoms. The van der Waals surface area contributed by atoms with Crippen molar-refractivity contribution >= 4 is 27.4 Å². The van der Waals surface area contributed by atoms with Crippen LogP contribution in [-0.2, 0) is 4.79 Å². The second kappa shape index (κ2) is 10.4. The van der Waals surface area contributed by atoms with Gasteiger partial charge >= 0.3 is 0 Å². The van der Waals surface area contributed by atoms with Crippen molar-refractivity contribution in [1.29, 1.82) is 0 Å². The van der Waals surface area contributed by atoms with Gasteiger partial charge in [-0.1, -0.05) is 0 Å². The molecule has 0 aliphatic carbocycles. The SMILES string of the molecule is CN(C)C(=C1SS1)N(C)C.CNCC[C@H](NC)C(C)=O. The molecule has 2 N–H and O–H groups in total. The van der Waals surface area contributed by atoms with Crippen LogP contribution in [0, 0.1) is 0 Å². The topological polar surface area (TPSA) is 47.6 Å². The van der Waals surface area contributed by atoms with Crippen molar-refractivity contribution in [2.24, 2.45) is 0 Å². The van der Waals surface area contributed by atoms with Crippen LogP contribution < -0.4 is 10.6 Å². The largest absolute Gasteiger partial charge is 0.363 e. The lowest BCUT2D eigenvalue weighted by atomic mass is 10.1. The lowest BCUT2D eigenvalue weighted by molar-refractivity contribution is -0.118. The highest BCUT2D eigenvalue weighted by Gasteiger charge is 2.23. The van der Waals surface area contributed by atoms with Gasteiger partial charge in [-0.05, 0) is 55.6 Å². The van der Waals surface area contributed by atoms with E-state index in [1.165, 1.54) is 10.1 Å². The van der Waals surface area contributed by atoms with E-state index in [1.807, 2.05) is 35.7 Å². The zero-order valence-electron chi connectivity index (χ0n) is 13.6. The summed E-state index contributed by atoms with van der Waals surface area (Å²) in [4.78, 5) is 15.1. The average Bonchev–Trinajstić information content (AvgIpc) is 3.14. The summed E-state index contributed by atoms with van der Waals surface area (Å²) < 4.78 is 1.43. The Labute approximate surface area is 131 Å². The maximum absolute atomic E-state index is 10.8. The fourth-order valence-electron chi connectivity index (χ4n) is 1.70. The van der Waals surface area contributed by atoms with Crippen LogP contribution in [0.25, 0.3) is 0 Å². The molecule has 1 aliphatic rings. The van der Waals surface area contributed by atoms with E-state index in [2.05, 4.69) is 48.6 Å². The number of carbonyl (C=O) groups is 1. The number of Topliss-reactive ketones (excluding diaryl/α,β-unsaturated/α-hetero) is 1. The lowest BCUT2D eigenvalue weighted by Gasteiger charge is -2.23. The first-order chi connectivity index (χ1) is 9.34. The fourth-order valence-corrected chi connectivity index (χ4v) is 3.19. The van der Waals surface area contributed by atoms with E-state index in [9.17, 15) is 4.79 Å². The maximum Gasteiger partial charge on any atom is 0.146 e. The van der Waals surface area contributed by atoms with Crippen molar-refractivity contribution in [3.8, 4) is 0 Å². The van der Waals surface area contributed by atoms with Gasteiger partial charge in [-0.25, -0.2) is 0 Å². The Morgan fingerprint density at radius 1 is 1.15 bits per heavy atom. The molecule has 5 nitrogen and oxygen atoms in total. The molecule has 1 aliphatic heterocycles. The van der Waals surface area contributed by atoms with E-state index < -0.39 is 0 Å². The van der Waals surface area contributed by atoms with Gasteiger partial charge < -0.3 is 20.4 Å². The minimum absolute atomic E-state index is 0.0208. The molecule has 1 fully saturated rings. The van der Waals surface area contributed by atoms with E-state index >= 15 is 0 Å². The number of carbonyl (C=O) groups excluding carboxylic acids is 1. The molecule has 1 rings (SSSR count). The van der Waals surface area contributed by atoms with Crippen molar-refractivity contribution < 1.29 is 4.79 Å². The average molecular weight is 321 g/mol. The molecular weight excluding hydrogens is 292 g/mol. The van der Waals surface area contributed by atoms with Gasteiger partial charge in [-0.2, -0.15) is 0 Å². The number of hydrogen-bond acceptors (Lipinski definition) is 7. The molecule has 1 saturated heterocycles. The van der Waals surface area contributed by atoms with E-state index in [0.29, 0.717) is 0 Å². The molecule has 1 heterocycles. The summed E-state index contributed by atoms with van der Waals surface area (Å²) in [5, 5.41) is 5.94. The molecule has 0 aromatic rings. The Bertz CT molecular complexity index is 316. The third-order valence-corrected chi connectivity index (χ3v) is 4.42. The lowest BCUT2D eigenvalue weighted by Crippen LogP contribution is -2.34. The normalized spacial score (nSPS) is 14.1. The Morgan fingerprint density at radius 2 is 1.65 bits per heavy atom. The van der Waals surface area contributed by atoms with E-state index in [1.54, 1.807) is 6.92 Å². The molecule has 0 aromatic carbocycles. The van der Waals surface area contributed by atoms with Crippen molar-refractivity contribution in [2.75, 3.05) is 48.8 Å². The minimum Gasteiger partial charge on any atom is -0.363 e. The van der Waals surface area contributed by atoms with Crippen molar-refractivity contribution in [3.05, 3.63) is 10.1 Å². The zero-order valence-corrected chi connectivity index (χ0v) is 15.2. The molecule has 7 heteroatoms. The van der Waals surface area contributed by atoms with Crippen molar-refractivity contribution in [3.63, 3.8) is 0 Å². The van der Waals surface area contributed by atoms with E-state index in [0.717, 1.165) is 13.0 Å². The van der Waals surface area contributed by atoms with Gasteiger partial charge in [0.1, 0.15) is 15.8 Å². The molecule has 118 valence electrons. The van der Waals surface area contributed by atoms with Gasteiger partial charge in [-0.3, -0.25) is 4.79 Å². The van der Waals surface area contributed by atoms with Gasteiger partial charge in [0.05, 0.1) is 6.04 Å². The van der Waals surface area contributed by atoms with Crippen molar-refractivity contribution in [2.45, 2.75) is 19.4 Å². The molecule has 0 aromatic heterocycles. The summed E-state index contributed by atoms with van der Waals surface area (Å²) in [6, 6.07) is 0.0208. The first kappa shape index (κ1) is 19.6. The van der Waals surface area contributed by atoms with Crippen LogP contribution in [0.1, 0.15) is 13.3 Å². The number of hydrogen-bond donors (Lipinski definition) is 2. The Kier molecular flexibility index (Phi) is 10.2. The van der Waals surface area contributed by atoms with Crippen LogP contribution in [0.3, 0.4) is 0 Å². The first-order valence-electron chi connectivity index (χ1n) is 6.60. The van der Waals surface area contributed by atoms with Crippen LogP contribution >= 0.6 is 21.6 Å². The first-order valence-corrected chi connectivity index (χ1v) is 8.75. The molecule has 0 saturated carbocycles. The highest BCUT2D eigenvalue weighted by Crippen LogP contribution is 2.60. The Hall–Kier alpha value is -0.370. The van der Waals surface area contributed by atoms with Gasteiger partial charge in [0.2, 0.25) is 0 Å². The summed E-state index contributed by atoms with van der Waals surface area (Å²) in [6.45, 7) is 2.49. The number of likely N-dealkylation sites (N-methyl/N-ethyl adjacent to an activating group) is 1. The Morgan fingerprint density at radius 3 is 1.85 bits per heavy atom. The molecule has 0 amide bonds. The second-order valence-electron chi connectivity index (χ2n) is 4.91. The van der Waals surface area contributed by atoms with Crippen LogP contribution in [0.2, 0.25) is 0 Å². The fraction of sp³-hybridized carbons (Fsp3) is 0.769. The highest BCUT2D eigenvalue weighted by atomic mass is 33.2. The molecule has 1 atom stereocenters. The molecular formula is C13H28N4OS2. The van der Waals surface area contributed by atoms with Crippen LogP contribution in [0.15, 0.2) is 10.1 Å². The molecule has 0 radical (unpaired) electrons. The predicted molar refractivity (Wildman–Crippen MR) is 91.7 cm³/mol. The standard InChI is InChI=1S/C7H16N2O.C6H12N2S2/c1-6(10)7(9-3)4-5-8-2;1-7(2)5(8(3)4)6-9-10-6/h7-9H,4-5H2,1-3H3;1-4H3/t7-;/m0./s1. The predicted octanol–water partition coefficient (Wildman–Crippen LogP) is 1.40. The number of nitrogens with zero attached hydrogens (tertiary/aromatic N) is 2. The van der Waals surface area contributed by atoms with Crippen LogP contribution in [0.5, 0.6) is 0 Å². The number of ketones is 1. The monoisotopic (exact) mass is 320 g/mol. The van der Waals surface area contributed by atoms with Gasteiger partial charge in [-0.15, -0.1) is 0 Å². The highest BCUT2D eigenvalue weighted by molar-refractivity contribution is 8.96. The molecule has 0 unspecified atom stereocenters. The van der Waals surface area contributed by atoms with Gasteiger partial charge in [0.15, 0.2) is 0 Å².